The van der Waals surface area contributed by atoms with Crippen LogP contribution in [0.3, 0.4) is 0 Å². The van der Waals surface area contributed by atoms with E-state index in [1.165, 1.54) is 0 Å². The van der Waals surface area contributed by atoms with Gasteiger partial charge in [-0.15, -0.1) is 0 Å². The van der Waals surface area contributed by atoms with Crippen LogP contribution in [-0.2, 0) is 4.79 Å². The number of hydrogen-bond acceptors (Lipinski definition) is 2. The fourth-order valence-corrected chi connectivity index (χ4v) is 1.02. The Morgan fingerprint density at radius 1 is 1.80 bits per heavy atom. The minimum atomic E-state index is -0.220. The number of amides is 1. The van der Waals surface area contributed by atoms with E-state index in [-0.39, 0.29) is 5.91 Å². The molecule has 0 radical (unpaired) electrons. The van der Waals surface area contributed by atoms with Crippen molar-refractivity contribution in [2.75, 3.05) is 6.54 Å². The summed E-state index contributed by atoms with van der Waals surface area (Å²) in [6, 6.07) is 0.368. The smallest absolute Gasteiger partial charge is 0.217 e. The van der Waals surface area contributed by atoms with E-state index in [0.717, 1.165) is 13.0 Å². The molecule has 1 amide bonds. The molecule has 10 heavy (non-hydrogen) atoms. The van der Waals surface area contributed by atoms with Gasteiger partial charge in [0.05, 0.1) is 0 Å². The third kappa shape index (κ3) is 2.19. The van der Waals surface area contributed by atoms with E-state index in [1.807, 2.05) is 0 Å². The number of rotatable bonds is 3. The molecule has 0 bridgehead atoms. The average molecular weight is 140 g/mol. The Labute approximate surface area is 60.3 Å². The highest BCUT2D eigenvalue weighted by Gasteiger charge is 2.07. The Morgan fingerprint density at radius 2 is 2.60 bits per heavy atom. The second-order valence-corrected chi connectivity index (χ2v) is 2.45. The van der Waals surface area contributed by atoms with E-state index in [2.05, 4.69) is 17.5 Å². The normalized spacial score (nSPS) is 23.4. The number of nitrogens with two attached hydrogens (primary N) is 1. The first-order valence-electron chi connectivity index (χ1n) is 3.47. The van der Waals surface area contributed by atoms with Gasteiger partial charge in [-0.2, -0.15) is 0 Å². The van der Waals surface area contributed by atoms with Crippen LogP contribution in [0.15, 0.2) is 12.2 Å². The summed E-state index contributed by atoms with van der Waals surface area (Å²) in [5.41, 5.74) is 4.98. The van der Waals surface area contributed by atoms with Gasteiger partial charge in [-0.3, -0.25) is 4.79 Å². The van der Waals surface area contributed by atoms with Gasteiger partial charge in [0.2, 0.25) is 5.91 Å². The van der Waals surface area contributed by atoms with Crippen molar-refractivity contribution in [3.8, 4) is 0 Å². The summed E-state index contributed by atoms with van der Waals surface area (Å²) in [6.45, 7) is 0.920. The molecule has 1 atom stereocenters. The van der Waals surface area contributed by atoms with Crippen molar-refractivity contribution in [3.05, 3.63) is 12.2 Å². The van der Waals surface area contributed by atoms with Crippen LogP contribution in [0.1, 0.15) is 12.8 Å². The first-order chi connectivity index (χ1) is 4.79. The number of carbonyl (C=O) groups is 1. The van der Waals surface area contributed by atoms with Crippen LogP contribution in [0.4, 0.5) is 0 Å². The lowest BCUT2D eigenvalue weighted by molar-refractivity contribution is -0.118. The SMILES string of the molecule is NC(=O)CCC1C=CCN1. The summed E-state index contributed by atoms with van der Waals surface area (Å²) in [5, 5.41) is 3.19. The fourth-order valence-electron chi connectivity index (χ4n) is 1.02. The van der Waals surface area contributed by atoms with Gasteiger partial charge < -0.3 is 11.1 Å². The quantitative estimate of drug-likeness (QED) is 0.532. The molecule has 0 saturated carbocycles. The fraction of sp³-hybridized carbons (Fsp3) is 0.571. The lowest BCUT2D eigenvalue weighted by atomic mass is 10.2. The molecule has 3 N–H and O–H groups in total. The third-order valence-corrected chi connectivity index (χ3v) is 1.57. The molecule has 0 fully saturated rings. The largest absolute Gasteiger partial charge is 0.370 e. The summed E-state index contributed by atoms with van der Waals surface area (Å²) in [7, 11) is 0. The van der Waals surface area contributed by atoms with Gasteiger partial charge in [0.1, 0.15) is 0 Å². The Hall–Kier alpha value is -0.830. The molecule has 0 aromatic rings. The zero-order chi connectivity index (χ0) is 7.40. The maximum Gasteiger partial charge on any atom is 0.217 e. The monoisotopic (exact) mass is 140 g/mol. The van der Waals surface area contributed by atoms with Gasteiger partial charge >= 0.3 is 0 Å². The van der Waals surface area contributed by atoms with Gasteiger partial charge in [0.25, 0.3) is 0 Å². The zero-order valence-corrected chi connectivity index (χ0v) is 5.84. The van der Waals surface area contributed by atoms with Crippen molar-refractivity contribution in [2.24, 2.45) is 5.73 Å². The number of primary amides is 1. The predicted molar refractivity (Wildman–Crippen MR) is 39.4 cm³/mol. The van der Waals surface area contributed by atoms with Crippen molar-refractivity contribution in [2.45, 2.75) is 18.9 Å². The van der Waals surface area contributed by atoms with Crippen molar-refractivity contribution >= 4 is 5.91 Å². The molecule has 56 valence electrons. The highest BCUT2D eigenvalue weighted by Crippen LogP contribution is 2.02. The standard InChI is InChI=1S/C7H12N2O/c8-7(10)4-3-6-2-1-5-9-6/h1-2,6,9H,3-5H2,(H2,8,10). The molecular weight excluding hydrogens is 128 g/mol. The molecule has 1 rings (SSSR count). The first kappa shape index (κ1) is 7.28. The molecule has 0 aromatic carbocycles. The molecule has 3 heteroatoms. The number of hydrogen-bond donors (Lipinski definition) is 2. The van der Waals surface area contributed by atoms with Gasteiger partial charge in [-0.05, 0) is 6.42 Å². The van der Waals surface area contributed by atoms with Crippen molar-refractivity contribution in [1.82, 2.24) is 5.32 Å². The number of carbonyl (C=O) groups excluding carboxylic acids is 1. The van der Waals surface area contributed by atoms with E-state index in [1.54, 1.807) is 0 Å². The van der Waals surface area contributed by atoms with Crippen molar-refractivity contribution in [1.29, 1.82) is 0 Å². The molecule has 0 aromatic heterocycles. The van der Waals surface area contributed by atoms with Crippen LogP contribution < -0.4 is 11.1 Å². The second-order valence-electron chi connectivity index (χ2n) is 2.45. The molecule has 0 spiro atoms. The second kappa shape index (κ2) is 3.37. The molecular formula is C7H12N2O. The zero-order valence-electron chi connectivity index (χ0n) is 5.84. The Balaban J connectivity index is 2.13. The molecule has 1 unspecified atom stereocenters. The molecule has 1 heterocycles. The summed E-state index contributed by atoms with van der Waals surface area (Å²) in [5.74, 6) is -0.220. The summed E-state index contributed by atoms with van der Waals surface area (Å²) >= 11 is 0. The van der Waals surface area contributed by atoms with Crippen LogP contribution in [-0.4, -0.2) is 18.5 Å². The lowest BCUT2D eigenvalue weighted by Crippen LogP contribution is -2.24. The molecule has 3 nitrogen and oxygen atoms in total. The topological polar surface area (TPSA) is 55.1 Å². The van der Waals surface area contributed by atoms with Gasteiger partial charge in [0.15, 0.2) is 0 Å². The lowest BCUT2D eigenvalue weighted by Gasteiger charge is -2.05. The minimum absolute atomic E-state index is 0.220. The Kier molecular flexibility index (Phi) is 2.45. The maximum atomic E-state index is 10.3. The highest BCUT2D eigenvalue weighted by molar-refractivity contribution is 5.73. The van der Waals surface area contributed by atoms with Gasteiger partial charge in [0, 0.05) is 19.0 Å². The molecule has 1 aliphatic rings. The Morgan fingerprint density at radius 3 is 3.10 bits per heavy atom. The van der Waals surface area contributed by atoms with E-state index in [4.69, 9.17) is 5.73 Å². The molecule has 0 aliphatic carbocycles. The summed E-state index contributed by atoms with van der Waals surface area (Å²) in [4.78, 5) is 10.3. The van der Waals surface area contributed by atoms with Gasteiger partial charge in [-0.1, -0.05) is 12.2 Å². The minimum Gasteiger partial charge on any atom is -0.370 e. The van der Waals surface area contributed by atoms with E-state index in [0.29, 0.717) is 12.5 Å². The summed E-state index contributed by atoms with van der Waals surface area (Å²) < 4.78 is 0. The van der Waals surface area contributed by atoms with Crippen LogP contribution in [0.5, 0.6) is 0 Å². The summed E-state index contributed by atoms with van der Waals surface area (Å²) in [6.07, 6.45) is 5.43. The molecule has 1 aliphatic heterocycles. The van der Waals surface area contributed by atoms with Crippen LogP contribution >= 0.6 is 0 Å². The van der Waals surface area contributed by atoms with Crippen LogP contribution in [0.25, 0.3) is 0 Å². The van der Waals surface area contributed by atoms with E-state index in [9.17, 15) is 4.79 Å². The van der Waals surface area contributed by atoms with E-state index < -0.39 is 0 Å². The van der Waals surface area contributed by atoms with Crippen molar-refractivity contribution in [3.63, 3.8) is 0 Å². The maximum absolute atomic E-state index is 10.3. The van der Waals surface area contributed by atoms with Crippen molar-refractivity contribution < 1.29 is 4.79 Å². The first-order valence-corrected chi connectivity index (χ1v) is 3.47. The third-order valence-electron chi connectivity index (χ3n) is 1.57. The van der Waals surface area contributed by atoms with E-state index >= 15 is 0 Å². The predicted octanol–water partition coefficient (Wildman–Crippen LogP) is -0.220. The molecule has 0 saturated heterocycles. The highest BCUT2D eigenvalue weighted by atomic mass is 16.1. The van der Waals surface area contributed by atoms with Crippen LogP contribution in [0, 0.1) is 0 Å². The average Bonchev–Trinajstić information content (AvgIpc) is 2.34. The van der Waals surface area contributed by atoms with Crippen LogP contribution in [0.2, 0.25) is 0 Å². The van der Waals surface area contributed by atoms with Gasteiger partial charge in [-0.25, -0.2) is 0 Å². The number of nitrogens with one attached hydrogen (secondary N) is 1. The Bertz CT molecular complexity index is 154.